The zero-order chi connectivity index (χ0) is 14.3. The van der Waals surface area contributed by atoms with Crippen LogP contribution in [0.2, 0.25) is 5.02 Å². The van der Waals surface area contributed by atoms with Crippen molar-refractivity contribution in [2.75, 3.05) is 0 Å². The largest absolute Gasteiger partial charge is 0.478 e. The van der Waals surface area contributed by atoms with Crippen molar-refractivity contribution in [3.05, 3.63) is 58.9 Å². The van der Waals surface area contributed by atoms with Gasteiger partial charge in [0.25, 0.3) is 0 Å². The summed E-state index contributed by atoms with van der Waals surface area (Å²) in [5.41, 5.74) is 0.563. The van der Waals surface area contributed by atoms with E-state index in [0.29, 0.717) is 16.4 Å². The lowest BCUT2D eigenvalue weighted by Gasteiger charge is -2.00. The molecule has 3 aromatic rings. The van der Waals surface area contributed by atoms with E-state index < -0.39 is 11.8 Å². The van der Waals surface area contributed by atoms with Gasteiger partial charge in [-0.2, -0.15) is 0 Å². The summed E-state index contributed by atoms with van der Waals surface area (Å²) in [7, 11) is 0. The van der Waals surface area contributed by atoms with E-state index in [1.54, 1.807) is 24.3 Å². The van der Waals surface area contributed by atoms with E-state index in [2.05, 4.69) is 0 Å². The van der Waals surface area contributed by atoms with Crippen LogP contribution in [0.1, 0.15) is 10.4 Å². The number of furan rings is 1. The van der Waals surface area contributed by atoms with Crippen molar-refractivity contribution in [3.63, 3.8) is 0 Å². The summed E-state index contributed by atoms with van der Waals surface area (Å²) in [4.78, 5) is 10.8. The molecule has 3 rings (SSSR count). The van der Waals surface area contributed by atoms with Gasteiger partial charge >= 0.3 is 5.97 Å². The molecule has 0 saturated heterocycles. The van der Waals surface area contributed by atoms with Gasteiger partial charge in [-0.15, -0.1) is 0 Å². The summed E-state index contributed by atoms with van der Waals surface area (Å²) >= 11 is 6.00. The van der Waals surface area contributed by atoms with Gasteiger partial charge in [0.2, 0.25) is 0 Å². The van der Waals surface area contributed by atoms with Crippen LogP contribution in [0, 0.1) is 5.82 Å². The molecule has 1 aromatic heterocycles. The lowest BCUT2D eigenvalue weighted by Crippen LogP contribution is -1.97. The molecule has 100 valence electrons. The lowest BCUT2D eigenvalue weighted by atomic mass is 10.1. The van der Waals surface area contributed by atoms with Crippen LogP contribution in [-0.2, 0) is 0 Å². The molecule has 0 spiro atoms. The number of carbonyl (C=O) groups is 1. The summed E-state index contributed by atoms with van der Waals surface area (Å²) < 4.78 is 19.5. The van der Waals surface area contributed by atoms with Crippen molar-refractivity contribution in [1.29, 1.82) is 0 Å². The van der Waals surface area contributed by atoms with Crippen LogP contribution in [0.25, 0.3) is 22.3 Å². The predicted molar refractivity (Wildman–Crippen MR) is 73.6 cm³/mol. The average molecular weight is 291 g/mol. The van der Waals surface area contributed by atoms with E-state index in [4.69, 9.17) is 21.1 Å². The Morgan fingerprint density at radius 1 is 1.20 bits per heavy atom. The highest BCUT2D eigenvalue weighted by Crippen LogP contribution is 2.33. The fraction of sp³-hybridized carbons (Fsp3) is 0. The first-order valence-electron chi connectivity index (χ1n) is 5.77. The second-order valence-electron chi connectivity index (χ2n) is 4.27. The van der Waals surface area contributed by atoms with Gasteiger partial charge in [0.15, 0.2) is 5.58 Å². The quantitative estimate of drug-likeness (QED) is 0.751. The second-order valence-corrected chi connectivity index (χ2v) is 4.68. The lowest BCUT2D eigenvalue weighted by molar-refractivity contribution is 0.0696. The third-order valence-electron chi connectivity index (χ3n) is 2.98. The van der Waals surface area contributed by atoms with Crippen LogP contribution in [0.15, 0.2) is 46.9 Å². The Hall–Kier alpha value is -2.33. The fourth-order valence-electron chi connectivity index (χ4n) is 2.01. The molecule has 20 heavy (non-hydrogen) atoms. The van der Waals surface area contributed by atoms with Crippen LogP contribution in [0.4, 0.5) is 4.39 Å². The molecular weight excluding hydrogens is 283 g/mol. The number of hydrogen-bond donors (Lipinski definition) is 1. The molecule has 0 aliphatic rings. The summed E-state index contributed by atoms with van der Waals surface area (Å²) in [6, 6.07) is 10.6. The Labute approximate surface area is 118 Å². The number of fused-ring (bicyclic) bond motifs is 1. The molecule has 0 aliphatic heterocycles. The number of carboxylic acid groups (broad SMARTS) is 1. The number of carboxylic acids is 1. The van der Waals surface area contributed by atoms with Crippen LogP contribution in [0.3, 0.4) is 0 Å². The van der Waals surface area contributed by atoms with Crippen LogP contribution >= 0.6 is 11.6 Å². The van der Waals surface area contributed by atoms with Gasteiger partial charge < -0.3 is 9.52 Å². The topological polar surface area (TPSA) is 50.4 Å². The molecule has 1 N–H and O–H groups in total. The van der Waals surface area contributed by atoms with Gasteiger partial charge in [-0.1, -0.05) is 23.7 Å². The van der Waals surface area contributed by atoms with Gasteiger partial charge in [-0.05, 0) is 30.3 Å². The molecule has 0 radical (unpaired) electrons. The van der Waals surface area contributed by atoms with E-state index in [-0.39, 0.29) is 11.1 Å². The fourth-order valence-corrected chi connectivity index (χ4v) is 2.23. The second kappa shape index (κ2) is 4.65. The van der Waals surface area contributed by atoms with Crippen molar-refractivity contribution in [1.82, 2.24) is 0 Å². The number of halogens is 2. The van der Waals surface area contributed by atoms with Gasteiger partial charge in [0, 0.05) is 5.39 Å². The number of aromatic carboxylic acids is 1. The number of rotatable bonds is 2. The minimum atomic E-state index is -1.18. The van der Waals surface area contributed by atoms with Gasteiger partial charge in [0.1, 0.15) is 11.6 Å². The van der Waals surface area contributed by atoms with E-state index >= 15 is 0 Å². The highest BCUT2D eigenvalue weighted by molar-refractivity contribution is 6.34. The van der Waals surface area contributed by atoms with Crippen LogP contribution in [-0.4, -0.2) is 11.1 Å². The molecule has 0 unspecified atom stereocenters. The molecule has 5 heteroatoms. The van der Waals surface area contributed by atoms with Gasteiger partial charge in [0.05, 0.1) is 16.1 Å². The molecule has 0 amide bonds. The first-order valence-corrected chi connectivity index (χ1v) is 6.15. The standard InChI is InChI=1S/C15H8ClFO3/c16-11-3-1-2-8-7-13(20-14(8)11)10-5-4-9(15(18)19)6-12(10)17/h1-7H,(H,18,19). The van der Waals surface area contributed by atoms with Crippen molar-refractivity contribution in [2.24, 2.45) is 0 Å². The highest BCUT2D eigenvalue weighted by atomic mass is 35.5. The maximum atomic E-state index is 14.0. The normalized spacial score (nSPS) is 10.9. The van der Waals surface area contributed by atoms with E-state index in [1.807, 2.05) is 0 Å². The summed E-state index contributed by atoms with van der Waals surface area (Å²) in [5.74, 6) is -1.52. The Kier molecular flexibility index (Phi) is 2.95. The molecule has 3 nitrogen and oxygen atoms in total. The smallest absolute Gasteiger partial charge is 0.335 e. The average Bonchev–Trinajstić information content (AvgIpc) is 2.83. The Morgan fingerprint density at radius 3 is 2.65 bits per heavy atom. The maximum absolute atomic E-state index is 14.0. The number of hydrogen-bond acceptors (Lipinski definition) is 2. The Bertz CT molecular complexity index is 823. The summed E-state index contributed by atoms with van der Waals surface area (Å²) in [6.45, 7) is 0. The molecule has 0 bridgehead atoms. The Morgan fingerprint density at radius 2 is 2.00 bits per heavy atom. The third kappa shape index (κ3) is 2.04. The predicted octanol–water partition coefficient (Wildman–Crippen LogP) is 4.59. The van der Waals surface area contributed by atoms with Crippen molar-refractivity contribution >= 4 is 28.5 Å². The van der Waals surface area contributed by atoms with Crippen molar-refractivity contribution in [3.8, 4) is 11.3 Å². The first kappa shape index (κ1) is 12.7. The highest BCUT2D eigenvalue weighted by Gasteiger charge is 2.14. The zero-order valence-electron chi connectivity index (χ0n) is 10.1. The molecule has 0 atom stereocenters. The summed E-state index contributed by atoms with van der Waals surface area (Å²) in [5, 5.41) is 10.0. The molecule has 0 fully saturated rings. The minimum absolute atomic E-state index is 0.111. The molecule has 2 aromatic carbocycles. The molecule has 1 heterocycles. The van der Waals surface area contributed by atoms with Crippen molar-refractivity contribution < 1.29 is 18.7 Å². The minimum Gasteiger partial charge on any atom is -0.478 e. The Balaban J connectivity index is 2.16. The third-order valence-corrected chi connectivity index (χ3v) is 3.28. The number of para-hydroxylation sites is 1. The van der Waals surface area contributed by atoms with Gasteiger partial charge in [-0.25, -0.2) is 9.18 Å². The van der Waals surface area contributed by atoms with E-state index in [0.717, 1.165) is 11.5 Å². The molecular formula is C15H8ClFO3. The first-order chi connectivity index (χ1) is 9.56. The molecule has 0 aliphatic carbocycles. The van der Waals surface area contributed by atoms with E-state index in [9.17, 15) is 9.18 Å². The van der Waals surface area contributed by atoms with Crippen molar-refractivity contribution in [2.45, 2.75) is 0 Å². The number of benzene rings is 2. The van der Waals surface area contributed by atoms with Crippen LogP contribution < -0.4 is 0 Å². The molecule has 0 saturated carbocycles. The zero-order valence-corrected chi connectivity index (χ0v) is 10.8. The van der Waals surface area contributed by atoms with E-state index in [1.165, 1.54) is 12.1 Å². The van der Waals surface area contributed by atoms with Crippen LogP contribution in [0.5, 0.6) is 0 Å². The SMILES string of the molecule is O=C(O)c1ccc(-c2cc3cccc(Cl)c3o2)c(F)c1. The van der Waals surface area contributed by atoms with Gasteiger partial charge in [-0.3, -0.25) is 0 Å². The monoisotopic (exact) mass is 290 g/mol. The summed E-state index contributed by atoms with van der Waals surface area (Å²) in [6.07, 6.45) is 0. The maximum Gasteiger partial charge on any atom is 0.335 e.